The van der Waals surface area contributed by atoms with Gasteiger partial charge >= 0.3 is 0 Å². The Morgan fingerprint density at radius 1 is 1.57 bits per heavy atom. The molecule has 0 spiro atoms. The summed E-state index contributed by atoms with van der Waals surface area (Å²) in [6, 6.07) is 5.81. The van der Waals surface area contributed by atoms with E-state index in [1.165, 1.54) is 0 Å². The van der Waals surface area contributed by atoms with Crippen LogP contribution in [0.15, 0.2) is 24.4 Å². The summed E-state index contributed by atoms with van der Waals surface area (Å²) in [6.07, 6.45) is 1.77. The van der Waals surface area contributed by atoms with Crippen LogP contribution in [-0.4, -0.2) is 15.5 Å². The van der Waals surface area contributed by atoms with Crippen molar-refractivity contribution in [3.63, 3.8) is 0 Å². The Balaban J connectivity index is 2.53. The molecule has 0 aromatic carbocycles. The van der Waals surface area contributed by atoms with Gasteiger partial charge in [0.2, 0.25) is 0 Å². The molecular weight excluding hydrogens is 194 g/mol. The van der Waals surface area contributed by atoms with E-state index in [9.17, 15) is 0 Å². The van der Waals surface area contributed by atoms with Gasteiger partial charge in [-0.15, -0.1) is 0 Å². The molecule has 0 saturated heterocycles. The van der Waals surface area contributed by atoms with Crippen molar-refractivity contribution in [3.05, 3.63) is 30.1 Å². The maximum atomic E-state index is 5.58. The van der Waals surface area contributed by atoms with Crippen LogP contribution in [0.5, 0.6) is 0 Å². The molecule has 0 saturated carbocycles. The van der Waals surface area contributed by atoms with E-state index in [2.05, 4.69) is 10.3 Å². The topological polar surface area (TPSA) is 50.9 Å². The maximum absolute atomic E-state index is 5.58. The Kier molecular flexibility index (Phi) is 3.55. The number of thiocarbonyl (C=S) groups is 1. The molecule has 1 rings (SSSR count). The predicted octanol–water partition coefficient (Wildman–Crippen LogP) is 1.24. The van der Waals surface area contributed by atoms with Crippen LogP contribution in [0.3, 0.4) is 0 Å². The van der Waals surface area contributed by atoms with Gasteiger partial charge in [-0.05, 0) is 26.0 Å². The minimum Gasteiger partial charge on any atom is -0.392 e. The molecule has 1 heterocycles. The summed E-state index contributed by atoms with van der Waals surface area (Å²) in [5.41, 5.74) is 6.24. The van der Waals surface area contributed by atoms with Crippen LogP contribution < -0.4 is 11.1 Å². The van der Waals surface area contributed by atoms with E-state index in [1.807, 2.05) is 32.0 Å². The third-order valence-corrected chi connectivity index (χ3v) is 2.56. The minimum atomic E-state index is -0.327. The van der Waals surface area contributed by atoms with Gasteiger partial charge in [0.25, 0.3) is 0 Å². The maximum Gasteiger partial charge on any atom is 0.0926 e. The van der Waals surface area contributed by atoms with E-state index in [0.29, 0.717) is 11.5 Å². The summed E-state index contributed by atoms with van der Waals surface area (Å²) in [5, 5.41) is 3.25. The summed E-state index contributed by atoms with van der Waals surface area (Å²) in [7, 11) is 0. The molecule has 0 amide bonds. The van der Waals surface area contributed by atoms with E-state index in [1.54, 1.807) is 6.20 Å². The van der Waals surface area contributed by atoms with E-state index >= 15 is 0 Å². The molecular formula is C10H15N3S. The van der Waals surface area contributed by atoms with E-state index in [-0.39, 0.29) is 5.54 Å². The minimum absolute atomic E-state index is 0.327. The molecule has 4 heteroatoms. The van der Waals surface area contributed by atoms with Gasteiger partial charge in [-0.2, -0.15) is 0 Å². The third kappa shape index (κ3) is 3.05. The smallest absolute Gasteiger partial charge is 0.0926 e. The van der Waals surface area contributed by atoms with Crippen molar-refractivity contribution in [3.8, 4) is 0 Å². The van der Waals surface area contributed by atoms with Crippen LogP contribution in [0.25, 0.3) is 0 Å². The first-order valence-electron chi connectivity index (χ1n) is 4.47. The highest BCUT2D eigenvalue weighted by molar-refractivity contribution is 7.80. The number of nitrogens with two attached hydrogens (primary N) is 1. The highest BCUT2D eigenvalue weighted by Gasteiger charge is 2.19. The van der Waals surface area contributed by atoms with Gasteiger partial charge in [-0.25, -0.2) is 0 Å². The van der Waals surface area contributed by atoms with Crippen molar-refractivity contribution in [1.29, 1.82) is 0 Å². The first-order chi connectivity index (χ1) is 6.52. The van der Waals surface area contributed by atoms with Crippen molar-refractivity contribution in [2.75, 3.05) is 0 Å². The molecule has 0 aliphatic carbocycles. The summed E-state index contributed by atoms with van der Waals surface area (Å²) in [6.45, 7) is 4.59. The summed E-state index contributed by atoms with van der Waals surface area (Å²) >= 11 is 4.94. The molecule has 14 heavy (non-hydrogen) atoms. The molecule has 0 fully saturated rings. The zero-order valence-corrected chi connectivity index (χ0v) is 9.27. The molecule has 0 atom stereocenters. The van der Waals surface area contributed by atoms with Crippen molar-refractivity contribution < 1.29 is 0 Å². The number of hydrogen-bond acceptors (Lipinski definition) is 3. The van der Waals surface area contributed by atoms with Gasteiger partial charge in [0.05, 0.1) is 16.2 Å². The lowest BCUT2D eigenvalue weighted by molar-refractivity contribution is 0.501. The zero-order chi connectivity index (χ0) is 10.6. The summed E-state index contributed by atoms with van der Waals surface area (Å²) in [4.78, 5) is 4.66. The van der Waals surface area contributed by atoms with Gasteiger partial charge in [0.15, 0.2) is 0 Å². The molecule has 0 unspecified atom stereocenters. The summed E-state index contributed by atoms with van der Waals surface area (Å²) in [5.74, 6) is 0. The Morgan fingerprint density at radius 2 is 2.29 bits per heavy atom. The second-order valence-electron chi connectivity index (χ2n) is 3.66. The SMILES string of the molecule is CC(C)(NCc1ccccn1)C(N)=S. The van der Waals surface area contributed by atoms with E-state index in [4.69, 9.17) is 18.0 Å². The van der Waals surface area contributed by atoms with Gasteiger partial charge < -0.3 is 11.1 Å². The predicted molar refractivity (Wildman–Crippen MR) is 61.9 cm³/mol. The lowest BCUT2D eigenvalue weighted by Crippen LogP contribution is -2.49. The quantitative estimate of drug-likeness (QED) is 0.732. The van der Waals surface area contributed by atoms with Crippen molar-refractivity contribution in [2.45, 2.75) is 25.9 Å². The van der Waals surface area contributed by atoms with Gasteiger partial charge in [-0.1, -0.05) is 18.3 Å². The Morgan fingerprint density at radius 3 is 2.79 bits per heavy atom. The normalized spacial score (nSPS) is 11.3. The fourth-order valence-corrected chi connectivity index (χ4v) is 0.974. The lowest BCUT2D eigenvalue weighted by Gasteiger charge is -2.24. The van der Waals surface area contributed by atoms with Gasteiger partial charge in [0.1, 0.15) is 0 Å². The number of nitrogens with zero attached hydrogens (tertiary/aromatic N) is 1. The number of aromatic nitrogens is 1. The first kappa shape index (κ1) is 11.1. The third-order valence-electron chi connectivity index (χ3n) is 2.05. The van der Waals surface area contributed by atoms with Crippen LogP contribution in [-0.2, 0) is 6.54 Å². The molecule has 3 N–H and O–H groups in total. The largest absolute Gasteiger partial charge is 0.392 e. The number of hydrogen-bond donors (Lipinski definition) is 2. The van der Waals surface area contributed by atoms with Crippen LogP contribution in [0, 0.1) is 0 Å². The van der Waals surface area contributed by atoms with Crippen LogP contribution in [0.4, 0.5) is 0 Å². The second kappa shape index (κ2) is 4.48. The highest BCUT2D eigenvalue weighted by Crippen LogP contribution is 2.04. The molecule has 1 aromatic rings. The van der Waals surface area contributed by atoms with Crippen molar-refractivity contribution in [1.82, 2.24) is 10.3 Å². The molecule has 0 radical (unpaired) electrons. The van der Waals surface area contributed by atoms with Crippen LogP contribution >= 0.6 is 12.2 Å². The monoisotopic (exact) mass is 209 g/mol. The van der Waals surface area contributed by atoms with E-state index in [0.717, 1.165) is 5.69 Å². The first-order valence-corrected chi connectivity index (χ1v) is 4.88. The van der Waals surface area contributed by atoms with Gasteiger partial charge in [-0.3, -0.25) is 4.98 Å². The Bertz CT molecular complexity index is 308. The molecule has 0 aliphatic heterocycles. The molecule has 1 aromatic heterocycles. The fourth-order valence-electron chi connectivity index (χ4n) is 0.901. The molecule has 0 aliphatic rings. The van der Waals surface area contributed by atoms with E-state index < -0.39 is 0 Å². The molecule has 0 bridgehead atoms. The number of pyridine rings is 1. The zero-order valence-electron chi connectivity index (χ0n) is 8.45. The standard InChI is InChI=1S/C10H15N3S/c1-10(2,9(11)14)13-7-8-5-3-4-6-12-8/h3-6,13H,7H2,1-2H3,(H2,11,14). The second-order valence-corrected chi connectivity index (χ2v) is 4.10. The average molecular weight is 209 g/mol. The molecule has 76 valence electrons. The Labute approximate surface area is 89.7 Å². The number of rotatable bonds is 4. The summed E-state index contributed by atoms with van der Waals surface area (Å²) < 4.78 is 0. The lowest BCUT2D eigenvalue weighted by atomic mass is 10.1. The van der Waals surface area contributed by atoms with Gasteiger partial charge in [0, 0.05) is 12.7 Å². The number of nitrogens with one attached hydrogen (secondary N) is 1. The fraction of sp³-hybridized carbons (Fsp3) is 0.400. The van der Waals surface area contributed by atoms with Crippen LogP contribution in [0.2, 0.25) is 0 Å². The van der Waals surface area contributed by atoms with Crippen molar-refractivity contribution in [2.24, 2.45) is 5.73 Å². The van der Waals surface area contributed by atoms with Crippen LogP contribution in [0.1, 0.15) is 19.5 Å². The highest BCUT2D eigenvalue weighted by atomic mass is 32.1. The average Bonchev–Trinajstić information content (AvgIpc) is 2.16. The molecule has 3 nitrogen and oxygen atoms in total. The van der Waals surface area contributed by atoms with Crippen molar-refractivity contribution >= 4 is 17.2 Å². The Hall–Kier alpha value is -1.00.